The average molecular weight is 626 g/mol. The summed E-state index contributed by atoms with van der Waals surface area (Å²) in [5, 5.41) is 23.4. The van der Waals surface area contributed by atoms with Crippen molar-refractivity contribution in [2.75, 3.05) is 18.5 Å². The highest BCUT2D eigenvalue weighted by Gasteiger charge is 2.23. The highest BCUT2D eigenvalue weighted by atomic mass is 28.3. The zero-order chi connectivity index (χ0) is 31.7. The molecule has 0 fully saturated rings. The van der Waals surface area contributed by atoms with Gasteiger partial charge in [0.1, 0.15) is 30.0 Å². The summed E-state index contributed by atoms with van der Waals surface area (Å²) in [7, 11) is -1.25. The Morgan fingerprint density at radius 2 is 1.84 bits per heavy atom. The molecule has 0 bridgehead atoms. The van der Waals surface area contributed by atoms with Gasteiger partial charge in [0.25, 0.3) is 5.56 Å². The van der Waals surface area contributed by atoms with Crippen LogP contribution in [0.5, 0.6) is 0 Å². The Kier molecular flexibility index (Phi) is 8.40. The van der Waals surface area contributed by atoms with Crippen LogP contribution in [0.3, 0.4) is 0 Å². The first kappa shape index (κ1) is 30.4. The van der Waals surface area contributed by atoms with E-state index in [4.69, 9.17) is 14.9 Å². The van der Waals surface area contributed by atoms with Crippen molar-refractivity contribution in [1.29, 1.82) is 0 Å². The molecule has 12 nitrogen and oxygen atoms in total. The molecule has 6 aromatic rings. The number of anilines is 1. The molecule has 234 valence electrons. The Labute approximate surface area is 262 Å². The van der Waals surface area contributed by atoms with Gasteiger partial charge in [-0.05, 0) is 49.7 Å². The molecule has 5 aromatic heterocycles. The summed E-state index contributed by atoms with van der Waals surface area (Å²) >= 11 is 0. The maximum atomic E-state index is 13.9. The summed E-state index contributed by atoms with van der Waals surface area (Å²) < 4.78 is 13.1. The summed E-state index contributed by atoms with van der Waals surface area (Å²) in [5.74, 6) is 1.11. The lowest BCUT2D eigenvalue weighted by atomic mass is 10.1. The molecular weight excluding hydrogens is 586 g/mol. The zero-order valence-corrected chi connectivity index (χ0v) is 27.3. The topological polar surface area (TPSA) is 129 Å². The molecular formula is C32H39N9O3Si. The molecule has 5 heterocycles. The van der Waals surface area contributed by atoms with Crippen molar-refractivity contribution in [3.05, 3.63) is 89.1 Å². The lowest BCUT2D eigenvalue weighted by Gasteiger charge is -2.20. The third-order valence-corrected chi connectivity index (χ3v) is 9.50. The molecule has 0 aliphatic rings. The molecule has 1 atom stereocenters. The second-order valence-electron chi connectivity index (χ2n) is 12.5. The van der Waals surface area contributed by atoms with E-state index in [0.29, 0.717) is 42.7 Å². The van der Waals surface area contributed by atoms with E-state index in [1.807, 2.05) is 79.5 Å². The van der Waals surface area contributed by atoms with E-state index in [1.54, 1.807) is 13.8 Å². The molecule has 45 heavy (non-hydrogen) atoms. The van der Waals surface area contributed by atoms with Gasteiger partial charge in [-0.3, -0.25) is 14.0 Å². The van der Waals surface area contributed by atoms with Crippen LogP contribution >= 0.6 is 0 Å². The SMILES string of the molecule is Cc1ccn2nc(C(C)Nc3ncnc4c3c(-c3ccn(CCO)n3)cn4COCC[Si](C)(C)C)n(-c3ccccc3)c(=O)c12. The minimum absolute atomic E-state index is 0.0113. The van der Waals surface area contributed by atoms with Gasteiger partial charge in [0, 0.05) is 38.8 Å². The minimum Gasteiger partial charge on any atom is -0.394 e. The third-order valence-electron chi connectivity index (χ3n) is 7.79. The number of aromatic nitrogens is 8. The molecule has 1 unspecified atom stereocenters. The fraction of sp³-hybridized carbons (Fsp3) is 0.344. The summed E-state index contributed by atoms with van der Waals surface area (Å²) in [6.45, 7) is 12.3. The largest absolute Gasteiger partial charge is 0.394 e. The van der Waals surface area contributed by atoms with Crippen LogP contribution in [0.15, 0.2) is 72.2 Å². The quantitative estimate of drug-likeness (QED) is 0.145. The molecule has 0 saturated heterocycles. The number of nitrogens with one attached hydrogen (secondary N) is 1. The van der Waals surface area contributed by atoms with E-state index in [1.165, 1.54) is 6.33 Å². The van der Waals surface area contributed by atoms with Crippen molar-refractivity contribution in [2.45, 2.75) is 58.9 Å². The summed E-state index contributed by atoms with van der Waals surface area (Å²) in [6, 6.07) is 14.0. The molecule has 2 N–H and O–H groups in total. The Hall–Kier alpha value is -4.59. The predicted molar refractivity (Wildman–Crippen MR) is 178 cm³/mol. The molecule has 6 rings (SSSR count). The van der Waals surface area contributed by atoms with Gasteiger partial charge in [-0.1, -0.05) is 37.8 Å². The van der Waals surface area contributed by atoms with Gasteiger partial charge < -0.3 is 19.7 Å². The number of rotatable bonds is 12. The molecule has 1 aromatic carbocycles. The number of fused-ring (bicyclic) bond motifs is 2. The number of aryl methyl sites for hydroxylation is 1. The van der Waals surface area contributed by atoms with Gasteiger partial charge in [-0.25, -0.2) is 14.5 Å². The second-order valence-corrected chi connectivity index (χ2v) is 18.1. The van der Waals surface area contributed by atoms with E-state index < -0.39 is 14.1 Å². The van der Waals surface area contributed by atoms with Crippen LogP contribution in [0.4, 0.5) is 5.82 Å². The van der Waals surface area contributed by atoms with Crippen LogP contribution in [0.2, 0.25) is 25.7 Å². The Morgan fingerprint density at radius 3 is 2.60 bits per heavy atom. The third kappa shape index (κ3) is 6.19. The fourth-order valence-corrected chi connectivity index (χ4v) is 6.16. The van der Waals surface area contributed by atoms with Gasteiger partial charge in [0.2, 0.25) is 0 Å². The van der Waals surface area contributed by atoms with Crippen molar-refractivity contribution in [1.82, 2.24) is 38.5 Å². The lowest BCUT2D eigenvalue weighted by Crippen LogP contribution is -2.29. The summed E-state index contributed by atoms with van der Waals surface area (Å²) in [4.78, 5) is 23.2. The first-order valence-electron chi connectivity index (χ1n) is 15.1. The molecule has 0 spiro atoms. The molecule has 0 saturated carbocycles. The van der Waals surface area contributed by atoms with Crippen LogP contribution in [-0.4, -0.2) is 64.9 Å². The summed E-state index contributed by atoms with van der Waals surface area (Å²) in [6.07, 6.45) is 7.17. The van der Waals surface area contributed by atoms with E-state index >= 15 is 0 Å². The van der Waals surface area contributed by atoms with Crippen molar-refractivity contribution < 1.29 is 9.84 Å². The Balaban J connectivity index is 1.43. The van der Waals surface area contributed by atoms with Gasteiger partial charge >= 0.3 is 0 Å². The van der Waals surface area contributed by atoms with Gasteiger partial charge in [0.05, 0.1) is 36.0 Å². The Morgan fingerprint density at radius 1 is 1.04 bits per heavy atom. The normalized spacial score (nSPS) is 12.8. The second kappa shape index (κ2) is 12.4. The lowest BCUT2D eigenvalue weighted by molar-refractivity contribution is 0.0899. The van der Waals surface area contributed by atoms with Crippen LogP contribution in [0.25, 0.3) is 33.5 Å². The molecule has 0 radical (unpaired) electrons. The van der Waals surface area contributed by atoms with E-state index in [-0.39, 0.29) is 12.2 Å². The van der Waals surface area contributed by atoms with Crippen molar-refractivity contribution in [3.8, 4) is 16.9 Å². The van der Waals surface area contributed by atoms with Crippen molar-refractivity contribution in [3.63, 3.8) is 0 Å². The maximum absolute atomic E-state index is 13.9. The predicted octanol–water partition coefficient (Wildman–Crippen LogP) is 4.88. The maximum Gasteiger partial charge on any atom is 0.282 e. The van der Waals surface area contributed by atoms with Gasteiger partial charge in [-0.2, -0.15) is 10.2 Å². The summed E-state index contributed by atoms with van der Waals surface area (Å²) in [5.41, 5.74) is 4.23. The minimum atomic E-state index is -1.25. The number of aliphatic hydroxyl groups excluding tert-OH is 1. The number of nitrogens with zero attached hydrogens (tertiary/aromatic N) is 8. The number of ether oxygens (including phenoxy) is 1. The fourth-order valence-electron chi connectivity index (χ4n) is 5.41. The first-order chi connectivity index (χ1) is 21.6. The molecule has 0 amide bonds. The van der Waals surface area contributed by atoms with Crippen LogP contribution < -0.4 is 10.9 Å². The molecule has 0 aliphatic carbocycles. The monoisotopic (exact) mass is 625 g/mol. The van der Waals surface area contributed by atoms with Gasteiger partial charge in [-0.15, -0.1) is 0 Å². The standard InChI is InChI=1S/C32H39N9O3Si/c1-22-11-14-40-28(22)32(43)41(24-9-7-6-8-10-24)30(37-40)23(2)35-29-27-25(26-12-13-39(36-26)15-16-42)19-38(31(27)34-20-33-29)21-44-17-18-45(3,4)5/h6-14,19-20,23,42H,15-18,21H2,1-5H3,(H,33,34,35). The average Bonchev–Trinajstić information content (AvgIpc) is 3.73. The number of hydrogen-bond donors (Lipinski definition) is 2. The number of hydrogen-bond acceptors (Lipinski definition) is 8. The Bertz CT molecular complexity index is 2000. The van der Waals surface area contributed by atoms with E-state index in [0.717, 1.165) is 33.9 Å². The van der Waals surface area contributed by atoms with Crippen molar-refractivity contribution in [2.24, 2.45) is 0 Å². The van der Waals surface area contributed by atoms with Crippen LogP contribution in [0, 0.1) is 6.92 Å². The van der Waals surface area contributed by atoms with Crippen molar-refractivity contribution >= 4 is 30.4 Å². The number of aliphatic hydroxyl groups is 1. The molecule has 13 heteroatoms. The highest BCUT2D eigenvalue weighted by molar-refractivity contribution is 6.76. The zero-order valence-electron chi connectivity index (χ0n) is 26.3. The van der Waals surface area contributed by atoms with Gasteiger partial charge in [0.15, 0.2) is 5.82 Å². The van der Waals surface area contributed by atoms with Crippen LogP contribution in [-0.2, 0) is 18.0 Å². The molecule has 0 aliphatic heterocycles. The number of benzene rings is 1. The number of para-hydroxylation sites is 1. The first-order valence-corrected chi connectivity index (χ1v) is 18.8. The van der Waals surface area contributed by atoms with Crippen LogP contribution in [0.1, 0.15) is 24.4 Å². The smallest absolute Gasteiger partial charge is 0.282 e. The van der Waals surface area contributed by atoms with E-state index in [9.17, 15) is 9.90 Å². The van der Waals surface area contributed by atoms with E-state index in [2.05, 4.69) is 34.9 Å². The highest BCUT2D eigenvalue weighted by Crippen LogP contribution is 2.34.